The Hall–Kier alpha value is -3.03. The van der Waals surface area contributed by atoms with Crippen molar-refractivity contribution in [3.8, 4) is 0 Å². The number of rotatable bonds is 4. The molecule has 3 amide bonds. The molecular formula is C15H16FN5O2. The van der Waals surface area contributed by atoms with Crippen LogP contribution in [0.2, 0.25) is 0 Å². The number of nitrogens with one attached hydrogen (secondary N) is 2. The lowest BCUT2D eigenvalue weighted by Crippen LogP contribution is -2.33. The minimum atomic E-state index is -0.606. The first kappa shape index (κ1) is 16.3. The third-order valence-electron chi connectivity index (χ3n) is 2.89. The second-order valence-electron chi connectivity index (χ2n) is 4.93. The summed E-state index contributed by atoms with van der Waals surface area (Å²) in [5.41, 5.74) is 1.43. The fraction of sp³-hybridized carbons (Fsp3) is 0.200. The topological polar surface area (TPSA) is 87.2 Å². The molecule has 120 valence electrons. The molecule has 0 bridgehead atoms. The Morgan fingerprint density at radius 3 is 2.30 bits per heavy atom. The predicted octanol–water partition coefficient (Wildman–Crippen LogP) is 1.64. The van der Waals surface area contributed by atoms with Crippen LogP contribution in [0.15, 0.2) is 36.7 Å². The van der Waals surface area contributed by atoms with Gasteiger partial charge in [-0.1, -0.05) is 12.1 Å². The average Bonchev–Trinajstić information content (AvgIpc) is 2.54. The van der Waals surface area contributed by atoms with Crippen LogP contribution in [0.3, 0.4) is 0 Å². The molecule has 0 unspecified atom stereocenters. The zero-order chi connectivity index (χ0) is 16.8. The first-order valence-corrected chi connectivity index (χ1v) is 6.78. The van der Waals surface area contributed by atoms with Gasteiger partial charge in [-0.15, -0.1) is 0 Å². The lowest BCUT2D eigenvalue weighted by atomic mass is 10.2. The van der Waals surface area contributed by atoms with Crippen molar-refractivity contribution in [2.45, 2.75) is 6.54 Å². The van der Waals surface area contributed by atoms with Crippen LogP contribution < -0.4 is 10.6 Å². The molecule has 2 rings (SSSR count). The van der Waals surface area contributed by atoms with Crippen molar-refractivity contribution in [1.29, 1.82) is 0 Å². The summed E-state index contributed by atoms with van der Waals surface area (Å²) in [6.45, 7) is 0.381. The first-order valence-electron chi connectivity index (χ1n) is 6.78. The third kappa shape index (κ3) is 4.73. The number of hydrogen-bond donors (Lipinski definition) is 2. The first-order chi connectivity index (χ1) is 11.0. The van der Waals surface area contributed by atoms with E-state index in [2.05, 4.69) is 20.6 Å². The van der Waals surface area contributed by atoms with Crippen molar-refractivity contribution >= 4 is 17.6 Å². The Labute approximate surface area is 132 Å². The average molecular weight is 317 g/mol. The molecule has 0 radical (unpaired) electrons. The summed E-state index contributed by atoms with van der Waals surface area (Å²) in [5.74, 6) is -1.25. The van der Waals surface area contributed by atoms with E-state index in [4.69, 9.17) is 0 Å². The summed E-state index contributed by atoms with van der Waals surface area (Å²) in [4.78, 5) is 32.0. The van der Waals surface area contributed by atoms with Crippen LogP contribution in [0.1, 0.15) is 16.2 Å². The zero-order valence-corrected chi connectivity index (χ0v) is 12.7. The van der Waals surface area contributed by atoms with Gasteiger partial charge in [0.05, 0.1) is 12.4 Å². The maximum absolute atomic E-state index is 12.7. The molecule has 7 nitrogen and oxygen atoms in total. The monoisotopic (exact) mass is 317 g/mol. The number of anilines is 1. The van der Waals surface area contributed by atoms with E-state index < -0.39 is 11.7 Å². The van der Waals surface area contributed by atoms with Crippen molar-refractivity contribution < 1.29 is 14.0 Å². The van der Waals surface area contributed by atoms with Crippen molar-refractivity contribution in [3.05, 3.63) is 53.9 Å². The van der Waals surface area contributed by atoms with Gasteiger partial charge in [-0.2, -0.15) is 0 Å². The summed E-state index contributed by atoms with van der Waals surface area (Å²) in [7, 11) is 3.32. The zero-order valence-electron chi connectivity index (χ0n) is 12.7. The van der Waals surface area contributed by atoms with Gasteiger partial charge in [0.2, 0.25) is 5.82 Å². The van der Waals surface area contributed by atoms with E-state index in [1.54, 1.807) is 38.4 Å². The summed E-state index contributed by atoms with van der Waals surface area (Å²) in [5, 5.41) is 5.34. The van der Waals surface area contributed by atoms with E-state index in [-0.39, 0.29) is 11.9 Å². The summed E-state index contributed by atoms with van der Waals surface area (Å²) < 4.78 is 12.7. The van der Waals surface area contributed by atoms with E-state index in [1.165, 1.54) is 4.90 Å². The van der Waals surface area contributed by atoms with Crippen LogP contribution in [0.5, 0.6) is 0 Å². The van der Waals surface area contributed by atoms with Gasteiger partial charge >= 0.3 is 6.03 Å². The predicted molar refractivity (Wildman–Crippen MR) is 82.3 cm³/mol. The van der Waals surface area contributed by atoms with Gasteiger partial charge < -0.3 is 15.5 Å². The van der Waals surface area contributed by atoms with Gasteiger partial charge in [0, 0.05) is 26.3 Å². The van der Waals surface area contributed by atoms with Gasteiger partial charge in [0.25, 0.3) is 5.91 Å². The Kier molecular flexibility index (Phi) is 5.19. The molecule has 0 aliphatic carbocycles. The molecule has 1 heterocycles. The fourth-order valence-corrected chi connectivity index (χ4v) is 1.66. The highest BCUT2D eigenvalue weighted by molar-refractivity contribution is 6.01. The Bertz CT molecular complexity index is 686. The molecule has 0 atom stereocenters. The molecule has 23 heavy (non-hydrogen) atoms. The number of nitrogens with zero attached hydrogens (tertiary/aromatic N) is 3. The molecule has 1 aromatic heterocycles. The minimum absolute atomic E-state index is 0.117. The van der Waals surface area contributed by atoms with Gasteiger partial charge in [-0.25, -0.2) is 19.2 Å². The lowest BCUT2D eigenvalue weighted by Gasteiger charge is -2.12. The van der Waals surface area contributed by atoms with Gasteiger partial charge in [0.15, 0.2) is 5.82 Å². The van der Waals surface area contributed by atoms with Crippen molar-refractivity contribution in [3.63, 3.8) is 0 Å². The van der Waals surface area contributed by atoms with Crippen LogP contribution in [-0.2, 0) is 6.54 Å². The molecule has 0 aliphatic rings. The van der Waals surface area contributed by atoms with Gasteiger partial charge in [0.1, 0.15) is 0 Å². The molecular weight excluding hydrogens is 301 g/mol. The third-order valence-corrected chi connectivity index (χ3v) is 2.89. The van der Waals surface area contributed by atoms with Crippen LogP contribution in [-0.4, -0.2) is 40.9 Å². The molecule has 0 saturated carbocycles. The van der Waals surface area contributed by atoms with E-state index in [0.29, 0.717) is 12.2 Å². The second-order valence-corrected chi connectivity index (χ2v) is 4.93. The highest BCUT2D eigenvalue weighted by Gasteiger charge is 2.09. The van der Waals surface area contributed by atoms with Gasteiger partial charge in [-0.05, 0) is 17.7 Å². The number of amides is 3. The van der Waals surface area contributed by atoms with Gasteiger partial charge in [-0.3, -0.25) is 4.79 Å². The minimum Gasteiger partial charge on any atom is -0.334 e. The van der Waals surface area contributed by atoms with E-state index in [0.717, 1.165) is 18.0 Å². The van der Waals surface area contributed by atoms with Crippen LogP contribution in [0.25, 0.3) is 0 Å². The molecule has 2 N–H and O–H groups in total. The van der Waals surface area contributed by atoms with E-state index >= 15 is 0 Å². The fourth-order valence-electron chi connectivity index (χ4n) is 1.66. The number of carbonyl (C=O) groups excluding carboxylic acids is 2. The summed E-state index contributed by atoms with van der Waals surface area (Å²) >= 11 is 0. The highest BCUT2D eigenvalue weighted by atomic mass is 19.1. The maximum Gasteiger partial charge on any atom is 0.317 e. The second kappa shape index (κ2) is 7.30. The number of halogens is 1. The van der Waals surface area contributed by atoms with Crippen molar-refractivity contribution in [1.82, 2.24) is 20.2 Å². The Morgan fingerprint density at radius 2 is 1.74 bits per heavy atom. The molecule has 0 saturated heterocycles. The number of benzene rings is 1. The molecule has 0 fully saturated rings. The number of carbonyl (C=O) groups is 2. The number of hydrogen-bond acceptors (Lipinski definition) is 4. The van der Waals surface area contributed by atoms with E-state index in [9.17, 15) is 14.0 Å². The molecule has 0 spiro atoms. The lowest BCUT2D eigenvalue weighted by molar-refractivity contribution is 0.101. The maximum atomic E-state index is 12.7. The van der Waals surface area contributed by atoms with Crippen LogP contribution in [0, 0.1) is 5.82 Å². The molecule has 2 aromatic rings. The van der Waals surface area contributed by atoms with Crippen LogP contribution >= 0.6 is 0 Å². The standard InChI is InChI=1S/C15H16FN5O2/c1-21(2)15(23)19-7-10-3-5-12(6-4-10)20-14(22)13-17-8-11(16)9-18-13/h3-6,8-9H,7H2,1-2H3,(H,19,23)(H,20,22). The van der Waals surface area contributed by atoms with E-state index in [1.807, 2.05) is 0 Å². The summed E-state index contributed by atoms with van der Waals surface area (Å²) in [6, 6.07) is 6.75. The molecule has 1 aromatic carbocycles. The summed E-state index contributed by atoms with van der Waals surface area (Å²) in [6.07, 6.45) is 1.86. The van der Waals surface area contributed by atoms with Crippen molar-refractivity contribution in [2.75, 3.05) is 19.4 Å². The number of urea groups is 1. The largest absolute Gasteiger partial charge is 0.334 e. The Morgan fingerprint density at radius 1 is 1.13 bits per heavy atom. The normalized spacial score (nSPS) is 10.0. The SMILES string of the molecule is CN(C)C(=O)NCc1ccc(NC(=O)c2ncc(F)cn2)cc1. The quantitative estimate of drug-likeness (QED) is 0.897. The smallest absolute Gasteiger partial charge is 0.317 e. The molecule has 8 heteroatoms. The number of aromatic nitrogens is 2. The Balaban J connectivity index is 1.93. The van der Waals surface area contributed by atoms with Crippen molar-refractivity contribution in [2.24, 2.45) is 0 Å². The molecule has 0 aliphatic heterocycles. The highest BCUT2D eigenvalue weighted by Crippen LogP contribution is 2.10. The van der Waals surface area contributed by atoms with Crippen LogP contribution in [0.4, 0.5) is 14.9 Å².